The molecule has 0 spiro atoms. The van der Waals surface area contributed by atoms with Gasteiger partial charge >= 0.3 is 41.9 Å². The Labute approximate surface area is 221 Å². The molecule has 0 saturated heterocycles. The van der Waals surface area contributed by atoms with Gasteiger partial charge in [-0.1, -0.05) is 13.8 Å². The first-order valence-corrected chi connectivity index (χ1v) is 11.4. The summed E-state index contributed by atoms with van der Waals surface area (Å²) in [7, 11) is -0.743. The number of aryl methyl sites for hydroxylation is 2. The van der Waals surface area contributed by atoms with Crippen molar-refractivity contribution in [1.82, 2.24) is 19.6 Å². The van der Waals surface area contributed by atoms with E-state index in [0.29, 0.717) is 0 Å². The van der Waals surface area contributed by atoms with Crippen molar-refractivity contribution in [3.63, 3.8) is 0 Å². The maximum absolute atomic E-state index is 12.5. The van der Waals surface area contributed by atoms with Crippen LogP contribution in [0.1, 0.15) is 42.6 Å². The van der Waals surface area contributed by atoms with Crippen LogP contribution >= 0.6 is 0 Å². The van der Waals surface area contributed by atoms with Crippen LogP contribution in [0, 0.1) is 0 Å². The third-order valence-electron chi connectivity index (χ3n) is 3.89. The molecular weight excluding hydrogens is 524 g/mol. The van der Waals surface area contributed by atoms with Crippen LogP contribution in [0.2, 0.25) is 0 Å². The van der Waals surface area contributed by atoms with Crippen molar-refractivity contribution in [2.45, 2.75) is 42.9 Å². The molecule has 0 aliphatic rings. The second-order valence-corrected chi connectivity index (χ2v) is 9.30. The Balaban J connectivity index is -0.000000539. The minimum absolute atomic E-state index is 0. The normalized spacial score (nSPS) is 13.1. The van der Waals surface area contributed by atoms with Crippen LogP contribution < -0.4 is 29.6 Å². The summed E-state index contributed by atoms with van der Waals surface area (Å²) in [6.07, 6.45) is -9.32. The average Bonchev–Trinajstić information content (AvgIpc) is 3.23. The fourth-order valence-corrected chi connectivity index (χ4v) is 4.64. The van der Waals surface area contributed by atoms with E-state index in [0.717, 1.165) is 9.36 Å². The Kier molecular flexibility index (Phi) is 14.4. The van der Waals surface area contributed by atoms with Gasteiger partial charge in [-0.05, 0) is 0 Å². The summed E-state index contributed by atoms with van der Waals surface area (Å²) in [4.78, 5) is 10.6. The molecule has 0 fully saturated rings. The number of halogens is 6. The van der Waals surface area contributed by atoms with E-state index >= 15 is 0 Å². The molecule has 2 heterocycles. The summed E-state index contributed by atoms with van der Waals surface area (Å²) in [6, 6.07) is 0. The van der Waals surface area contributed by atoms with Crippen LogP contribution in [0.4, 0.5) is 26.3 Å². The average molecular weight is 545 g/mol. The van der Waals surface area contributed by atoms with Crippen molar-refractivity contribution in [3.05, 3.63) is 22.5 Å². The number of hydrogen-bond donors (Lipinski definition) is 1. The van der Waals surface area contributed by atoms with Gasteiger partial charge in [0.25, 0.3) is 0 Å². The Morgan fingerprint density at radius 3 is 1.65 bits per heavy atom. The quantitative estimate of drug-likeness (QED) is 0.289. The SMILES string of the molecule is CCS(=O)c1c(C=O)c(C(F)(F)F)nn1C.CCS(=O)c1c(CO)c(C(F)(F)F)nn1C.[B].[H-].[Na+]. The van der Waals surface area contributed by atoms with Crippen molar-refractivity contribution in [3.8, 4) is 0 Å². The molecule has 0 aliphatic carbocycles. The van der Waals surface area contributed by atoms with E-state index < -0.39 is 63.1 Å². The summed E-state index contributed by atoms with van der Waals surface area (Å²) in [5.74, 6) is 0.293. The van der Waals surface area contributed by atoms with Crippen LogP contribution in [0.5, 0.6) is 0 Å². The summed E-state index contributed by atoms with van der Waals surface area (Å²) in [5.41, 5.74) is -3.51. The van der Waals surface area contributed by atoms with Gasteiger partial charge in [0, 0.05) is 39.6 Å². The molecule has 0 bridgehead atoms. The predicted octanol–water partition coefficient (Wildman–Crippen LogP) is -0.827. The van der Waals surface area contributed by atoms with Gasteiger partial charge in [-0.15, -0.1) is 0 Å². The first kappa shape index (κ1) is 35.2. The van der Waals surface area contributed by atoms with Gasteiger partial charge in [0.15, 0.2) is 17.7 Å². The first-order chi connectivity index (χ1) is 14.6. The van der Waals surface area contributed by atoms with Crippen molar-refractivity contribution in [2.75, 3.05) is 11.5 Å². The second kappa shape index (κ2) is 13.9. The summed E-state index contributed by atoms with van der Waals surface area (Å²) in [6.45, 7) is 2.30. The number of aliphatic hydroxyl groups is 1. The molecule has 2 unspecified atom stereocenters. The molecule has 2 rings (SSSR count). The third kappa shape index (κ3) is 8.01. The van der Waals surface area contributed by atoms with Crippen LogP contribution in [0.3, 0.4) is 0 Å². The summed E-state index contributed by atoms with van der Waals surface area (Å²) >= 11 is 0. The van der Waals surface area contributed by atoms with Crippen molar-refractivity contribution < 1.29 is 75.6 Å². The van der Waals surface area contributed by atoms with Gasteiger partial charge < -0.3 is 6.53 Å². The minimum Gasteiger partial charge on any atom is -1.00 e. The maximum Gasteiger partial charge on any atom is 1.00 e. The van der Waals surface area contributed by atoms with Crippen molar-refractivity contribution in [1.29, 1.82) is 0 Å². The van der Waals surface area contributed by atoms with Crippen LogP contribution in [0.15, 0.2) is 10.1 Å². The van der Waals surface area contributed by atoms with Crippen molar-refractivity contribution >= 4 is 36.3 Å². The Morgan fingerprint density at radius 2 is 1.29 bits per heavy atom. The minimum atomic E-state index is -4.72. The van der Waals surface area contributed by atoms with Gasteiger partial charge in [0.2, 0.25) is 0 Å². The molecule has 2 atom stereocenters. The number of hydrogen-bond acceptors (Lipinski definition) is 6. The smallest absolute Gasteiger partial charge is 1.00 e. The van der Waals surface area contributed by atoms with E-state index in [-0.39, 0.29) is 67.2 Å². The maximum atomic E-state index is 12.5. The third-order valence-corrected chi connectivity index (χ3v) is 6.79. The van der Waals surface area contributed by atoms with Crippen LogP contribution in [-0.4, -0.2) is 59.3 Å². The molecule has 1 N–H and O–H groups in total. The van der Waals surface area contributed by atoms with Crippen LogP contribution in [0.25, 0.3) is 0 Å². The fourth-order valence-electron chi connectivity index (χ4n) is 2.59. The second-order valence-electron chi connectivity index (χ2n) is 5.99. The van der Waals surface area contributed by atoms with Gasteiger partial charge in [0.1, 0.15) is 10.1 Å². The Bertz CT molecular complexity index is 1030. The van der Waals surface area contributed by atoms with Gasteiger partial charge in [-0.25, -0.2) is 0 Å². The molecule has 18 heteroatoms. The topological polar surface area (TPSA) is 107 Å². The zero-order chi connectivity index (χ0) is 25.0. The van der Waals surface area contributed by atoms with Crippen molar-refractivity contribution in [2.24, 2.45) is 14.1 Å². The largest absolute Gasteiger partial charge is 1.00 e. The van der Waals surface area contributed by atoms with E-state index in [9.17, 15) is 39.6 Å². The van der Waals surface area contributed by atoms with Gasteiger partial charge in [0.05, 0.1) is 33.8 Å². The molecule has 0 amide bonds. The Hall–Kier alpha value is -1.01. The first-order valence-electron chi connectivity index (χ1n) is 8.75. The molecule has 2 aromatic heterocycles. The molecular formula is C16H21BF6N4NaO4S2. The van der Waals surface area contributed by atoms with E-state index in [1.54, 1.807) is 13.8 Å². The fraction of sp³-hybridized carbons (Fsp3) is 0.562. The Morgan fingerprint density at radius 1 is 0.912 bits per heavy atom. The number of carbonyl (C=O) groups excluding carboxylic acids is 1. The number of alkyl halides is 6. The summed E-state index contributed by atoms with van der Waals surface area (Å²) < 4.78 is 99.7. The molecule has 2 aromatic rings. The summed E-state index contributed by atoms with van der Waals surface area (Å²) in [5, 5.41) is 15.1. The number of carbonyl (C=O) groups is 1. The van der Waals surface area contributed by atoms with Gasteiger partial charge in [-0.3, -0.25) is 22.6 Å². The van der Waals surface area contributed by atoms with E-state index in [2.05, 4.69) is 10.2 Å². The number of aldehydes is 1. The molecule has 8 nitrogen and oxygen atoms in total. The van der Waals surface area contributed by atoms with Gasteiger partial charge in [-0.2, -0.15) is 36.5 Å². The van der Waals surface area contributed by atoms with E-state index in [1.165, 1.54) is 14.1 Å². The number of nitrogens with zero attached hydrogens (tertiary/aromatic N) is 4. The zero-order valence-electron chi connectivity index (χ0n) is 19.8. The number of aliphatic hydroxyl groups excluding tert-OH is 1. The molecule has 3 radical (unpaired) electrons. The standard InChI is InChI=1S/C8H11F3N2O2S.C8H9F3N2O2S.B.Na.H/c2*1-3-16(15)7-5(4-14)6(8(9,10)11)12-13(7)2;;;/h14H,3-4H2,1-2H3;4H,3H2,1-2H3;;;/q;;;+1;-1. The predicted molar refractivity (Wildman–Crippen MR) is 108 cm³/mol. The zero-order valence-corrected chi connectivity index (χ0v) is 22.5. The molecule has 34 heavy (non-hydrogen) atoms. The van der Waals surface area contributed by atoms with E-state index in [4.69, 9.17) is 5.11 Å². The van der Waals surface area contributed by atoms with E-state index in [1.807, 2.05) is 0 Å². The number of rotatable bonds is 6. The molecule has 0 aliphatic heterocycles. The molecule has 0 aromatic carbocycles. The van der Waals surface area contributed by atoms with Crippen LogP contribution in [-0.2, 0) is 54.7 Å². The molecule has 0 saturated carbocycles. The molecule has 187 valence electrons. The monoisotopic (exact) mass is 545 g/mol. The number of aromatic nitrogens is 4.